The molecule has 1 rings (SSSR count). The first-order chi connectivity index (χ1) is 9.43. The Hall–Kier alpha value is -2.61. The number of rotatable bonds is 6. The molecule has 0 spiro atoms. The molecule has 0 amide bonds. The van der Waals surface area contributed by atoms with E-state index in [1.54, 1.807) is 0 Å². The fourth-order valence-corrected chi connectivity index (χ4v) is 1.27. The number of alkyl halides is 2. The van der Waals surface area contributed by atoms with Gasteiger partial charge in [-0.15, -0.1) is 0 Å². The molecule has 0 atom stereocenters. The van der Waals surface area contributed by atoms with Crippen LogP contribution in [0.25, 0.3) is 6.08 Å². The number of carboxylic acid groups (broad SMARTS) is 1. The zero-order valence-electron chi connectivity index (χ0n) is 10.2. The van der Waals surface area contributed by atoms with Gasteiger partial charge in [0.2, 0.25) is 0 Å². The number of hydrazine groups is 1. The van der Waals surface area contributed by atoms with Gasteiger partial charge in [0.1, 0.15) is 11.4 Å². The zero-order chi connectivity index (χ0) is 15.1. The van der Waals surface area contributed by atoms with Crippen LogP contribution in [0.2, 0.25) is 0 Å². The number of aliphatic carboxylic acids is 1. The summed E-state index contributed by atoms with van der Waals surface area (Å²) in [5.74, 6) is 3.86. The van der Waals surface area contributed by atoms with Gasteiger partial charge in [-0.1, -0.05) is 18.2 Å². The fourth-order valence-electron chi connectivity index (χ4n) is 1.27. The molecular weight excluding hydrogens is 272 g/mol. The molecule has 0 unspecified atom stereocenters. The second kappa shape index (κ2) is 7.10. The third-order valence-corrected chi connectivity index (χ3v) is 2.22. The van der Waals surface area contributed by atoms with E-state index in [0.29, 0.717) is 5.56 Å². The van der Waals surface area contributed by atoms with Crippen LogP contribution in [0, 0.1) is 0 Å². The van der Waals surface area contributed by atoms with Crippen LogP contribution in [0.4, 0.5) is 8.78 Å². The van der Waals surface area contributed by atoms with E-state index >= 15 is 0 Å². The normalized spacial score (nSPS) is 12.4. The highest BCUT2D eigenvalue weighted by Gasteiger charge is 2.06. The molecule has 0 aliphatic rings. The molecule has 8 heteroatoms. The third-order valence-electron chi connectivity index (χ3n) is 2.22. The Balaban J connectivity index is 2.84. The maximum atomic E-state index is 12.0. The van der Waals surface area contributed by atoms with E-state index in [1.165, 1.54) is 36.4 Å². The Morgan fingerprint density at radius 2 is 1.95 bits per heavy atom. The quantitative estimate of drug-likeness (QED) is 0.269. The van der Waals surface area contributed by atoms with Crippen molar-refractivity contribution in [1.29, 1.82) is 0 Å². The monoisotopic (exact) mass is 285 g/mol. The summed E-state index contributed by atoms with van der Waals surface area (Å²) in [4.78, 5) is 10.7. The number of hydrogen-bond acceptors (Lipinski definition) is 5. The van der Waals surface area contributed by atoms with E-state index in [2.05, 4.69) is 10.2 Å². The van der Waals surface area contributed by atoms with Crippen molar-refractivity contribution in [3.8, 4) is 5.75 Å². The zero-order valence-corrected chi connectivity index (χ0v) is 10.2. The number of benzene rings is 1. The maximum Gasteiger partial charge on any atom is 0.387 e. The summed E-state index contributed by atoms with van der Waals surface area (Å²) in [6.07, 6.45) is 2.86. The lowest BCUT2D eigenvalue weighted by Gasteiger charge is -2.05. The number of ether oxygens (including phenoxy) is 1. The van der Waals surface area contributed by atoms with Crippen LogP contribution in [-0.2, 0) is 4.79 Å². The predicted octanol–water partition coefficient (Wildman–Crippen LogP) is 1.02. The van der Waals surface area contributed by atoms with Gasteiger partial charge in [-0.2, -0.15) is 8.78 Å². The van der Waals surface area contributed by atoms with Gasteiger partial charge in [0, 0.05) is 0 Å². The number of nitrogens with two attached hydrogens (primary N) is 2. The minimum absolute atomic E-state index is 0.0189. The summed E-state index contributed by atoms with van der Waals surface area (Å²) >= 11 is 0. The van der Waals surface area contributed by atoms with Crippen LogP contribution in [-0.4, -0.2) is 17.7 Å². The minimum Gasteiger partial charge on any atom is -0.477 e. The van der Waals surface area contributed by atoms with E-state index in [0.717, 1.165) is 0 Å². The van der Waals surface area contributed by atoms with Crippen molar-refractivity contribution < 1.29 is 23.4 Å². The molecule has 1 aromatic rings. The van der Waals surface area contributed by atoms with Crippen molar-refractivity contribution in [2.45, 2.75) is 6.61 Å². The molecule has 6 N–H and O–H groups in total. The molecule has 108 valence electrons. The summed E-state index contributed by atoms with van der Waals surface area (Å²) in [6, 6.07) is 5.73. The lowest BCUT2D eigenvalue weighted by molar-refractivity contribution is -0.132. The molecule has 0 heterocycles. The Bertz CT molecular complexity index is 527. The van der Waals surface area contributed by atoms with Gasteiger partial charge in [0.05, 0.1) is 5.70 Å². The van der Waals surface area contributed by atoms with Gasteiger partial charge in [-0.05, 0) is 23.8 Å². The summed E-state index contributed by atoms with van der Waals surface area (Å²) in [5.41, 5.74) is 7.65. The number of carboxylic acids is 1. The molecule has 0 aliphatic carbocycles. The highest BCUT2D eigenvalue weighted by molar-refractivity contribution is 5.87. The molecule has 0 saturated carbocycles. The topological polar surface area (TPSA) is 111 Å². The van der Waals surface area contributed by atoms with Gasteiger partial charge in [-0.3, -0.25) is 5.84 Å². The van der Waals surface area contributed by atoms with Crippen LogP contribution >= 0.6 is 0 Å². The van der Waals surface area contributed by atoms with E-state index < -0.39 is 18.3 Å². The molecule has 0 aromatic heterocycles. The number of nitrogens with one attached hydrogen (secondary N) is 1. The van der Waals surface area contributed by atoms with E-state index in [9.17, 15) is 13.6 Å². The van der Waals surface area contributed by atoms with Gasteiger partial charge in [0.15, 0.2) is 0 Å². The average molecular weight is 285 g/mol. The molecule has 0 bridgehead atoms. The Kier molecular flexibility index (Phi) is 5.48. The number of allylic oxidation sites excluding steroid dienone is 1. The number of carbonyl (C=O) groups is 1. The molecule has 0 saturated heterocycles. The van der Waals surface area contributed by atoms with Crippen molar-refractivity contribution in [3.05, 3.63) is 47.3 Å². The Labute approximate surface area is 113 Å². The van der Waals surface area contributed by atoms with Gasteiger partial charge < -0.3 is 21.0 Å². The van der Waals surface area contributed by atoms with Gasteiger partial charge in [-0.25, -0.2) is 4.79 Å². The van der Waals surface area contributed by atoms with Crippen molar-refractivity contribution in [3.63, 3.8) is 0 Å². The van der Waals surface area contributed by atoms with Gasteiger partial charge >= 0.3 is 12.6 Å². The van der Waals surface area contributed by atoms with Crippen LogP contribution in [0.3, 0.4) is 0 Å². The van der Waals surface area contributed by atoms with Crippen LogP contribution in [0.15, 0.2) is 41.7 Å². The second-order valence-electron chi connectivity index (χ2n) is 3.56. The smallest absolute Gasteiger partial charge is 0.387 e. The summed E-state index contributed by atoms with van der Waals surface area (Å²) in [7, 11) is 0. The summed E-state index contributed by atoms with van der Waals surface area (Å²) < 4.78 is 28.1. The van der Waals surface area contributed by atoms with Crippen molar-refractivity contribution >= 4 is 12.0 Å². The van der Waals surface area contributed by atoms with E-state index in [-0.39, 0.29) is 11.4 Å². The standard InChI is InChI=1S/C12H13F2N3O3/c13-12(14)20-8-4-1-7(2-5-8)3-6-9(17-16)10(15)11(18)19/h1-6,12,17H,15-16H2,(H,18,19)/b6-3+,10-9-. The maximum absolute atomic E-state index is 12.0. The summed E-state index contributed by atoms with van der Waals surface area (Å²) in [5, 5.41) is 8.70. The molecule has 6 nitrogen and oxygen atoms in total. The molecule has 0 aliphatic heterocycles. The highest BCUT2D eigenvalue weighted by Crippen LogP contribution is 2.16. The highest BCUT2D eigenvalue weighted by atomic mass is 19.3. The Morgan fingerprint density at radius 3 is 2.40 bits per heavy atom. The molecule has 1 aromatic carbocycles. The lowest BCUT2D eigenvalue weighted by Crippen LogP contribution is -2.26. The molecule has 0 fully saturated rings. The van der Waals surface area contributed by atoms with Crippen LogP contribution in [0.1, 0.15) is 5.56 Å². The first-order valence-corrected chi connectivity index (χ1v) is 5.36. The molecule has 0 radical (unpaired) electrons. The third kappa shape index (κ3) is 4.58. The Morgan fingerprint density at radius 1 is 1.35 bits per heavy atom. The van der Waals surface area contributed by atoms with Crippen LogP contribution < -0.4 is 21.7 Å². The molecule has 20 heavy (non-hydrogen) atoms. The van der Waals surface area contributed by atoms with Crippen molar-refractivity contribution in [2.75, 3.05) is 0 Å². The first kappa shape index (κ1) is 15.4. The van der Waals surface area contributed by atoms with E-state index in [1.807, 2.05) is 0 Å². The molecular formula is C12H13F2N3O3. The lowest BCUT2D eigenvalue weighted by atomic mass is 10.2. The van der Waals surface area contributed by atoms with Crippen molar-refractivity contribution in [1.82, 2.24) is 5.43 Å². The number of hydrogen-bond donors (Lipinski definition) is 4. The van der Waals surface area contributed by atoms with E-state index in [4.69, 9.17) is 16.7 Å². The average Bonchev–Trinajstić information content (AvgIpc) is 2.40. The largest absolute Gasteiger partial charge is 0.477 e. The minimum atomic E-state index is -2.89. The van der Waals surface area contributed by atoms with Crippen LogP contribution in [0.5, 0.6) is 5.75 Å². The first-order valence-electron chi connectivity index (χ1n) is 5.36. The summed E-state index contributed by atoms with van der Waals surface area (Å²) in [6.45, 7) is -2.89. The van der Waals surface area contributed by atoms with Crippen molar-refractivity contribution in [2.24, 2.45) is 11.6 Å². The fraction of sp³-hybridized carbons (Fsp3) is 0.0833. The van der Waals surface area contributed by atoms with Gasteiger partial charge in [0.25, 0.3) is 0 Å². The SMILES string of the molecule is NNC(/C=C/c1ccc(OC(F)F)cc1)=C(\N)C(=O)O. The number of halogens is 2. The second-order valence-corrected chi connectivity index (χ2v) is 3.56. The predicted molar refractivity (Wildman–Crippen MR) is 68.3 cm³/mol.